The Morgan fingerprint density at radius 1 is 1.73 bits per heavy atom. The van der Waals surface area contributed by atoms with E-state index in [1.165, 1.54) is 6.33 Å². The Bertz CT molecular complexity index is 292. The minimum atomic E-state index is -0.0801. The van der Waals surface area contributed by atoms with Crippen molar-refractivity contribution in [1.82, 2.24) is 9.97 Å². The van der Waals surface area contributed by atoms with Crippen molar-refractivity contribution in [2.24, 2.45) is 5.73 Å². The number of nitrogens with zero attached hydrogens (tertiary/aromatic N) is 1. The standard InChI is InChI=1S/C7H11N3O/c1-5-6(2-3-8)9-4-10-7(5)11/h4H,2-3,8H2,1H3,(H,9,10,11). The molecule has 0 aliphatic heterocycles. The van der Waals surface area contributed by atoms with E-state index in [9.17, 15) is 4.79 Å². The number of hydrogen-bond acceptors (Lipinski definition) is 3. The van der Waals surface area contributed by atoms with Gasteiger partial charge in [0.1, 0.15) is 0 Å². The van der Waals surface area contributed by atoms with Crippen LogP contribution in [0.15, 0.2) is 11.1 Å². The summed E-state index contributed by atoms with van der Waals surface area (Å²) in [5, 5.41) is 0. The molecule has 0 amide bonds. The Hall–Kier alpha value is -1.16. The lowest BCUT2D eigenvalue weighted by Crippen LogP contribution is -2.15. The van der Waals surface area contributed by atoms with Gasteiger partial charge in [0.05, 0.1) is 12.0 Å². The molecule has 0 atom stereocenters. The molecule has 4 heteroatoms. The second kappa shape index (κ2) is 3.30. The quantitative estimate of drug-likeness (QED) is 0.606. The predicted octanol–water partition coefficient (Wildman–Crippen LogP) is -0.420. The predicted molar refractivity (Wildman–Crippen MR) is 42.4 cm³/mol. The maximum Gasteiger partial charge on any atom is 0.253 e. The Morgan fingerprint density at radius 3 is 3.09 bits per heavy atom. The van der Waals surface area contributed by atoms with Gasteiger partial charge in [-0.15, -0.1) is 0 Å². The van der Waals surface area contributed by atoms with Crippen molar-refractivity contribution in [2.45, 2.75) is 13.3 Å². The molecule has 60 valence electrons. The van der Waals surface area contributed by atoms with Crippen LogP contribution in [0.4, 0.5) is 0 Å². The summed E-state index contributed by atoms with van der Waals surface area (Å²) in [5.74, 6) is 0. The average Bonchev–Trinajstić information content (AvgIpc) is 1.99. The summed E-state index contributed by atoms with van der Waals surface area (Å²) in [4.78, 5) is 17.5. The highest BCUT2D eigenvalue weighted by Gasteiger charge is 2.00. The SMILES string of the molecule is Cc1c(CCN)nc[nH]c1=O. The molecule has 0 fully saturated rings. The van der Waals surface area contributed by atoms with Gasteiger partial charge in [0.2, 0.25) is 0 Å². The first kappa shape index (κ1) is 7.94. The van der Waals surface area contributed by atoms with Gasteiger partial charge in [0.15, 0.2) is 0 Å². The van der Waals surface area contributed by atoms with Crippen molar-refractivity contribution in [2.75, 3.05) is 6.54 Å². The first-order valence-electron chi connectivity index (χ1n) is 3.49. The zero-order chi connectivity index (χ0) is 8.27. The third-order valence-electron chi connectivity index (χ3n) is 1.57. The number of nitrogens with one attached hydrogen (secondary N) is 1. The molecule has 1 heterocycles. The van der Waals surface area contributed by atoms with Gasteiger partial charge >= 0.3 is 0 Å². The largest absolute Gasteiger partial charge is 0.330 e. The fraction of sp³-hybridized carbons (Fsp3) is 0.429. The first-order valence-corrected chi connectivity index (χ1v) is 3.49. The molecule has 0 bridgehead atoms. The molecule has 0 unspecified atom stereocenters. The van der Waals surface area contributed by atoms with Gasteiger partial charge in [-0.05, 0) is 13.5 Å². The zero-order valence-electron chi connectivity index (χ0n) is 6.42. The van der Waals surface area contributed by atoms with Crippen LogP contribution in [0.1, 0.15) is 11.3 Å². The van der Waals surface area contributed by atoms with Gasteiger partial charge in [0, 0.05) is 12.0 Å². The summed E-state index contributed by atoms with van der Waals surface area (Å²) in [5.41, 5.74) is 6.70. The van der Waals surface area contributed by atoms with Gasteiger partial charge in [-0.25, -0.2) is 4.98 Å². The van der Waals surface area contributed by atoms with E-state index in [1.807, 2.05) is 0 Å². The van der Waals surface area contributed by atoms with Crippen molar-refractivity contribution in [1.29, 1.82) is 0 Å². The Labute approximate surface area is 64.5 Å². The molecule has 1 aromatic rings. The van der Waals surface area contributed by atoms with Crippen molar-refractivity contribution in [3.05, 3.63) is 27.9 Å². The first-order chi connectivity index (χ1) is 5.25. The second-order valence-electron chi connectivity index (χ2n) is 2.34. The Balaban J connectivity index is 3.06. The lowest BCUT2D eigenvalue weighted by Gasteiger charge is -1.99. The maximum absolute atomic E-state index is 11.0. The third-order valence-corrected chi connectivity index (χ3v) is 1.57. The summed E-state index contributed by atoms with van der Waals surface area (Å²) in [6.45, 7) is 2.27. The fourth-order valence-electron chi connectivity index (χ4n) is 0.894. The molecule has 1 aromatic heterocycles. The molecule has 0 spiro atoms. The van der Waals surface area contributed by atoms with Crippen LogP contribution < -0.4 is 11.3 Å². The van der Waals surface area contributed by atoms with Crippen LogP contribution in [0.5, 0.6) is 0 Å². The van der Waals surface area contributed by atoms with E-state index >= 15 is 0 Å². The molecule has 0 radical (unpaired) electrons. The van der Waals surface area contributed by atoms with Crippen LogP contribution in [0.3, 0.4) is 0 Å². The highest BCUT2D eigenvalue weighted by atomic mass is 16.1. The molecule has 3 N–H and O–H groups in total. The van der Waals surface area contributed by atoms with Crippen molar-refractivity contribution in [3.8, 4) is 0 Å². The number of aromatic amines is 1. The summed E-state index contributed by atoms with van der Waals surface area (Å²) in [7, 11) is 0. The molecule has 0 aliphatic carbocycles. The van der Waals surface area contributed by atoms with Crippen molar-refractivity contribution >= 4 is 0 Å². The Morgan fingerprint density at radius 2 is 2.45 bits per heavy atom. The second-order valence-corrected chi connectivity index (χ2v) is 2.34. The van der Waals surface area contributed by atoms with E-state index in [4.69, 9.17) is 5.73 Å². The van der Waals surface area contributed by atoms with Crippen LogP contribution in [0, 0.1) is 6.92 Å². The number of rotatable bonds is 2. The van der Waals surface area contributed by atoms with Crippen LogP contribution >= 0.6 is 0 Å². The summed E-state index contributed by atoms with van der Waals surface area (Å²) in [6, 6.07) is 0. The van der Waals surface area contributed by atoms with Crippen LogP contribution in [0.25, 0.3) is 0 Å². The summed E-state index contributed by atoms with van der Waals surface area (Å²) in [6.07, 6.45) is 2.07. The smallest absolute Gasteiger partial charge is 0.253 e. The number of aromatic nitrogens is 2. The zero-order valence-corrected chi connectivity index (χ0v) is 6.42. The highest BCUT2D eigenvalue weighted by molar-refractivity contribution is 5.13. The normalized spacial score (nSPS) is 10.0. The van der Waals surface area contributed by atoms with E-state index in [0.717, 1.165) is 5.69 Å². The van der Waals surface area contributed by atoms with Crippen LogP contribution in [-0.2, 0) is 6.42 Å². The van der Waals surface area contributed by atoms with Crippen LogP contribution in [-0.4, -0.2) is 16.5 Å². The maximum atomic E-state index is 11.0. The molecule has 1 rings (SSSR count). The summed E-state index contributed by atoms with van der Waals surface area (Å²) >= 11 is 0. The highest BCUT2D eigenvalue weighted by Crippen LogP contribution is 1.95. The fourth-order valence-corrected chi connectivity index (χ4v) is 0.894. The average molecular weight is 153 g/mol. The van der Waals surface area contributed by atoms with Gasteiger partial charge in [0.25, 0.3) is 5.56 Å². The van der Waals surface area contributed by atoms with Gasteiger partial charge in [-0.1, -0.05) is 0 Å². The van der Waals surface area contributed by atoms with Gasteiger partial charge in [-0.3, -0.25) is 4.79 Å². The Kier molecular flexibility index (Phi) is 2.38. The molecular weight excluding hydrogens is 142 g/mol. The number of hydrogen-bond donors (Lipinski definition) is 2. The van der Waals surface area contributed by atoms with Gasteiger partial charge in [-0.2, -0.15) is 0 Å². The molecule has 0 saturated carbocycles. The summed E-state index contributed by atoms with van der Waals surface area (Å²) < 4.78 is 0. The lowest BCUT2D eigenvalue weighted by molar-refractivity contribution is 0.882. The minimum Gasteiger partial charge on any atom is -0.330 e. The van der Waals surface area contributed by atoms with Crippen molar-refractivity contribution < 1.29 is 0 Å². The van der Waals surface area contributed by atoms with E-state index < -0.39 is 0 Å². The van der Waals surface area contributed by atoms with E-state index in [0.29, 0.717) is 18.5 Å². The molecule has 0 saturated heterocycles. The van der Waals surface area contributed by atoms with E-state index in [1.54, 1.807) is 6.92 Å². The molecule has 4 nitrogen and oxygen atoms in total. The molecule has 11 heavy (non-hydrogen) atoms. The molecule has 0 aromatic carbocycles. The number of H-pyrrole nitrogens is 1. The van der Waals surface area contributed by atoms with E-state index in [-0.39, 0.29) is 5.56 Å². The monoisotopic (exact) mass is 153 g/mol. The molecular formula is C7H11N3O. The topological polar surface area (TPSA) is 71.8 Å². The van der Waals surface area contributed by atoms with Crippen molar-refractivity contribution in [3.63, 3.8) is 0 Å². The third kappa shape index (κ3) is 1.65. The van der Waals surface area contributed by atoms with E-state index in [2.05, 4.69) is 9.97 Å². The van der Waals surface area contributed by atoms with Crippen LogP contribution in [0.2, 0.25) is 0 Å². The number of nitrogens with two attached hydrogens (primary N) is 1. The molecule has 0 aliphatic rings. The van der Waals surface area contributed by atoms with Gasteiger partial charge < -0.3 is 10.7 Å². The lowest BCUT2D eigenvalue weighted by atomic mass is 10.2. The minimum absolute atomic E-state index is 0.0801.